The molecular formula is C13H17N3O. The number of hydrogen-bond acceptors (Lipinski definition) is 3. The fourth-order valence-electron chi connectivity index (χ4n) is 1.78. The van der Waals surface area contributed by atoms with Crippen LogP contribution >= 0.6 is 0 Å². The van der Waals surface area contributed by atoms with Crippen LogP contribution in [0.25, 0.3) is 11.1 Å². The summed E-state index contributed by atoms with van der Waals surface area (Å²) in [6, 6.07) is 7.82. The number of nitrogen functional groups attached to an aromatic ring is 1. The van der Waals surface area contributed by atoms with Crippen molar-refractivity contribution in [3.8, 4) is 11.1 Å². The summed E-state index contributed by atoms with van der Waals surface area (Å²) < 4.78 is 1.99. The topological polar surface area (TPSA) is 63.2 Å². The number of anilines is 2. The van der Waals surface area contributed by atoms with E-state index in [-0.39, 0.29) is 6.61 Å². The number of aromatic nitrogens is 1. The van der Waals surface area contributed by atoms with Gasteiger partial charge >= 0.3 is 0 Å². The number of benzene rings is 1. The van der Waals surface area contributed by atoms with Crippen molar-refractivity contribution in [3.05, 3.63) is 36.7 Å². The Morgan fingerprint density at radius 3 is 2.82 bits per heavy atom. The predicted octanol–water partition coefficient (Wildman–Crippen LogP) is 1.68. The molecule has 0 saturated heterocycles. The lowest BCUT2D eigenvalue weighted by atomic mass is 10.1. The molecule has 2 aromatic rings. The third kappa shape index (κ3) is 2.60. The molecular weight excluding hydrogens is 214 g/mol. The number of hydrogen-bond donors (Lipinski definition) is 3. The number of nitrogens with one attached hydrogen (secondary N) is 1. The fraction of sp³-hybridized carbons (Fsp3) is 0.231. The van der Waals surface area contributed by atoms with Gasteiger partial charge in [-0.3, -0.25) is 0 Å². The van der Waals surface area contributed by atoms with Gasteiger partial charge in [0.25, 0.3) is 0 Å². The summed E-state index contributed by atoms with van der Waals surface area (Å²) in [5, 5.41) is 11.9. The van der Waals surface area contributed by atoms with Gasteiger partial charge in [-0.2, -0.15) is 0 Å². The molecule has 0 aliphatic rings. The Kier molecular flexibility index (Phi) is 3.35. The summed E-state index contributed by atoms with van der Waals surface area (Å²) in [6.45, 7) is 0.656. The number of rotatable bonds is 4. The quantitative estimate of drug-likeness (QED) is 0.701. The molecule has 0 atom stereocenters. The molecule has 1 aromatic carbocycles. The summed E-state index contributed by atoms with van der Waals surface area (Å²) in [6.07, 6.45) is 4.02. The predicted molar refractivity (Wildman–Crippen MR) is 70.8 cm³/mol. The minimum Gasteiger partial charge on any atom is -0.398 e. The zero-order valence-corrected chi connectivity index (χ0v) is 9.85. The molecule has 0 fully saturated rings. The fourth-order valence-corrected chi connectivity index (χ4v) is 1.78. The van der Waals surface area contributed by atoms with Gasteiger partial charge in [0.2, 0.25) is 0 Å². The highest BCUT2D eigenvalue weighted by Gasteiger charge is 2.05. The third-order valence-corrected chi connectivity index (χ3v) is 2.64. The number of aliphatic hydroxyl groups is 1. The number of aryl methyl sites for hydroxylation is 1. The molecule has 0 bridgehead atoms. The molecule has 2 rings (SSSR count). The number of nitrogens with two attached hydrogens (primary N) is 1. The number of nitrogens with zero attached hydrogens (tertiary/aromatic N) is 1. The van der Waals surface area contributed by atoms with E-state index in [1.807, 2.05) is 48.3 Å². The van der Waals surface area contributed by atoms with E-state index in [0.29, 0.717) is 6.54 Å². The van der Waals surface area contributed by atoms with Crippen molar-refractivity contribution in [3.63, 3.8) is 0 Å². The Morgan fingerprint density at radius 1 is 1.35 bits per heavy atom. The summed E-state index contributed by atoms with van der Waals surface area (Å²) in [5.41, 5.74) is 9.80. The largest absolute Gasteiger partial charge is 0.398 e. The Balaban J connectivity index is 2.32. The van der Waals surface area contributed by atoms with Crippen molar-refractivity contribution < 1.29 is 5.11 Å². The first kappa shape index (κ1) is 11.5. The molecule has 1 aromatic heterocycles. The Morgan fingerprint density at radius 2 is 2.18 bits per heavy atom. The van der Waals surface area contributed by atoms with Crippen molar-refractivity contribution in [1.29, 1.82) is 0 Å². The van der Waals surface area contributed by atoms with E-state index in [1.165, 1.54) is 0 Å². The van der Waals surface area contributed by atoms with Gasteiger partial charge in [-0.05, 0) is 24.3 Å². The first-order valence-corrected chi connectivity index (χ1v) is 5.57. The Hall–Kier alpha value is -1.94. The molecule has 17 heavy (non-hydrogen) atoms. The Labute approximate surface area is 101 Å². The van der Waals surface area contributed by atoms with Crippen LogP contribution in [0.3, 0.4) is 0 Å². The zero-order valence-electron chi connectivity index (χ0n) is 9.85. The van der Waals surface area contributed by atoms with Gasteiger partial charge in [0.05, 0.1) is 6.61 Å². The standard InChI is InChI=1S/C13H17N3O/c1-16-6-4-10(9-16)12-8-11(15-5-7-17)2-3-13(12)14/h2-4,6,8-9,15,17H,5,7,14H2,1H3. The minimum atomic E-state index is 0.116. The summed E-state index contributed by atoms with van der Waals surface area (Å²) in [7, 11) is 1.98. The van der Waals surface area contributed by atoms with E-state index in [2.05, 4.69) is 5.32 Å². The van der Waals surface area contributed by atoms with Crippen LogP contribution in [0, 0.1) is 0 Å². The molecule has 0 aliphatic heterocycles. The van der Waals surface area contributed by atoms with E-state index in [1.54, 1.807) is 0 Å². The van der Waals surface area contributed by atoms with Gasteiger partial charge in [0, 0.05) is 48.5 Å². The smallest absolute Gasteiger partial charge is 0.0604 e. The van der Waals surface area contributed by atoms with Gasteiger partial charge in [-0.15, -0.1) is 0 Å². The maximum absolute atomic E-state index is 8.78. The average Bonchev–Trinajstić information content (AvgIpc) is 2.75. The van der Waals surface area contributed by atoms with E-state index in [0.717, 1.165) is 22.5 Å². The molecule has 1 heterocycles. The van der Waals surface area contributed by atoms with Crippen LogP contribution in [0.2, 0.25) is 0 Å². The first-order chi connectivity index (χ1) is 8.20. The van der Waals surface area contributed by atoms with Crippen molar-refractivity contribution in [2.24, 2.45) is 7.05 Å². The lowest BCUT2D eigenvalue weighted by Crippen LogP contribution is -2.05. The van der Waals surface area contributed by atoms with Crippen LogP contribution in [0.15, 0.2) is 36.7 Å². The second-order valence-corrected chi connectivity index (χ2v) is 4.02. The minimum absolute atomic E-state index is 0.116. The van der Waals surface area contributed by atoms with Gasteiger partial charge < -0.3 is 20.7 Å². The van der Waals surface area contributed by atoms with E-state index in [4.69, 9.17) is 10.8 Å². The van der Waals surface area contributed by atoms with Gasteiger partial charge in [0.15, 0.2) is 0 Å². The molecule has 0 spiro atoms. The second kappa shape index (κ2) is 4.93. The maximum Gasteiger partial charge on any atom is 0.0604 e. The molecule has 4 heteroatoms. The molecule has 0 amide bonds. The van der Waals surface area contributed by atoms with Crippen molar-refractivity contribution in [1.82, 2.24) is 4.57 Å². The van der Waals surface area contributed by atoms with Gasteiger partial charge in [-0.25, -0.2) is 0 Å². The van der Waals surface area contributed by atoms with Crippen LogP contribution < -0.4 is 11.1 Å². The first-order valence-electron chi connectivity index (χ1n) is 5.57. The van der Waals surface area contributed by atoms with Gasteiger partial charge in [-0.1, -0.05) is 0 Å². The molecule has 0 saturated carbocycles. The van der Waals surface area contributed by atoms with Crippen LogP contribution in [-0.4, -0.2) is 22.8 Å². The van der Waals surface area contributed by atoms with Crippen LogP contribution in [0.5, 0.6) is 0 Å². The summed E-state index contributed by atoms with van der Waals surface area (Å²) in [4.78, 5) is 0. The monoisotopic (exact) mass is 231 g/mol. The molecule has 0 radical (unpaired) electrons. The van der Waals surface area contributed by atoms with E-state index >= 15 is 0 Å². The van der Waals surface area contributed by atoms with Gasteiger partial charge in [0.1, 0.15) is 0 Å². The average molecular weight is 231 g/mol. The molecule has 0 aliphatic carbocycles. The highest BCUT2D eigenvalue weighted by Crippen LogP contribution is 2.28. The second-order valence-electron chi connectivity index (χ2n) is 4.02. The third-order valence-electron chi connectivity index (χ3n) is 2.64. The van der Waals surface area contributed by atoms with E-state index in [9.17, 15) is 0 Å². The Bertz CT molecular complexity index is 505. The maximum atomic E-state index is 8.78. The van der Waals surface area contributed by atoms with E-state index < -0.39 is 0 Å². The normalized spacial score (nSPS) is 10.5. The molecule has 90 valence electrons. The highest BCUT2D eigenvalue weighted by molar-refractivity contribution is 5.79. The lowest BCUT2D eigenvalue weighted by molar-refractivity contribution is 0.311. The molecule has 4 N–H and O–H groups in total. The van der Waals surface area contributed by atoms with Crippen molar-refractivity contribution in [2.75, 3.05) is 24.2 Å². The van der Waals surface area contributed by atoms with Crippen LogP contribution in [-0.2, 0) is 7.05 Å². The summed E-state index contributed by atoms with van der Waals surface area (Å²) in [5.74, 6) is 0. The van der Waals surface area contributed by atoms with Crippen molar-refractivity contribution >= 4 is 11.4 Å². The van der Waals surface area contributed by atoms with Crippen LogP contribution in [0.1, 0.15) is 0 Å². The number of aliphatic hydroxyl groups excluding tert-OH is 1. The SMILES string of the molecule is Cn1ccc(-c2cc(NCCO)ccc2N)c1. The summed E-state index contributed by atoms with van der Waals surface area (Å²) >= 11 is 0. The lowest BCUT2D eigenvalue weighted by Gasteiger charge is -2.09. The van der Waals surface area contributed by atoms with Crippen LogP contribution in [0.4, 0.5) is 11.4 Å². The molecule has 4 nitrogen and oxygen atoms in total. The van der Waals surface area contributed by atoms with Crippen molar-refractivity contribution in [2.45, 2.75) is 0 Å². The highest BCUT2D eigenvalue weighted by atomic mass is 16.3. The molecule has 0 unspecified atom stereocenters. The zero-order chi connectivity index (χ0) is 12.3.